The fourth-order valence-electron chi connectivity index (χ4n) is 3.51. The van der Waals surface area contributed by atoms with E-state index in [1.165, 1.54) is 64.2 Å². The van der Waals surface area contributed by atoms with Crippen molar-refractivity contribution in [3.05, 3.63) is 0 Å². The second-order valence-corrected chi connectivity index (χ2v) is 5.45. The van der Waals surface area contributed by atoms with Crippen molar-refractivity contribution in [3.8, 4) is 0 Å². The van der Waals surface area contributed by atoms with Crippen molar-refractivity contribution in [3.63, 3.8) is 0 Å². The summed E-state index contributed by atoms with van der Waals surface area (Å²) in [7, 11) is 0. The van der Waals surface area contributed by atoms with E-state index in [-0.39, 0.29) is 0 Å². The predicted octanol–water partition coefficient (Wildman–Crippen LogP) is 3.15. The van der Waals surface area contributed by atoms with E-state index < -0.39 is 0 Å². The molecule has 0 heterocycles. The van der Waals surface area contributed by atoms with E-state index >= 15 is 0 Å². The molecule has 2 fully saturated rings. The third-order valence-corrected chi connectivity index (χ3v) is 4.37. The summed E-state index contributed by atoms with van der Waals surface area (Å²) in [5.41, 5.74) is 0. The molecule has 2 rings (SSSR count). The molecule has 0 aromatic carbocycles. The maximum absolute atomic E-state index is 10.9. The maximum Gasteiger partial charge on any atom is 0.134 e. The molecule has 16 heavy (non-hydrogen) atoms. The fraction of sp³-hybridized carbons (Fsp3) is 0.929. The Kier molecular flexibility index (Phi) is 4.83. The number of carbonyl (C=O) groups is 1. The Hall–Kier alpha value is -0.370. The van der Waals surface area contributed by atoms with E-state index in [0.29, 0.717) is 18.6 Å². The Labute approximate surface area is 99.4 Å². The van der Waals surface area contributed by atoms with Gasteiger partial charge in [0.05, 0.1) is 6.54 Å². The van der Waals surface area contributed by atoms with Gasteiger partial charge in [-0.3, -0.25) is 4.90 Å². The lowest BCUT2D eigenvalue weighted by Gasteiger charge is -2.40. The van der Waals surface area contributed by atoms with E-state index in [9.17, 15) is 4.79 Å². The molecule has 2 aliphatic rings. The van der Waals surface area contributed by atoms with E-state index in [2.05, 4.69) is 4.90 Å². The summed E-state index contributed by atoms with van der Waals surface area (Å²) in [6, 6.07) is 1.42. The number of hydrogen-bond acceptors (Lipinski definition) is 2. The van der Waals surface area contributed by atoms with Crippen LogP contribution in [0, 0.1) is 0 Å². The molecule has 0 unspecified atom stereocenters. The minimum absolute atomic E-state index is 0.676. The average molecular weight is 223 g/mol. The van der Waals surface area contributed by atoms with Gasteiger partial charge in [0.15, 0.2) is 0 Å². The Balaban J connectivity index is 1.93. The molecular formula is C14H25NO. The van der Waals surface area contributed by atoms with Gasteiger partial charge >= 0.3 is 0 Å². The Morgan fingerprint density at radius 1 is 0.812 bits per heavy atom. The largest absolute Gasteiger partial charge is 0.302 e. The van der Waals surface area contributed by atoms with Crippen molar-refractivity contribution in [2.75, 3.05) is 6.54 Å². The van der Waals surface area contributed by atoms with Crippen molar-refractivity contribution in [2.24, 2.45) is 0 Å². The summed E-state index contributed by atoms with van der Waals surface area (Å²) in [5, 5.41) is 0. The Morgan fingerprint density at radius 2 is 1.25 bits per heavy atom. The van der Waals surface area contributed by atoms with Crippen molar-refractivity contribution in [1.82, 2.24) is 4.90 Å². The highest BCUT2D eigenvalue weighted by atomic mass is 16.1. The van der Waals surface area contributed by atoms with Gasteiger partial charge in [-0.25, -0.2) is 0 Å². The van der Waals surface area contributed by atoms with Gasteiger partial charge in [0.1, 0.15) is 6.29 Å². The van der Waals surface area contributed by atoms with Gasteiger partial charge < -0.3 is 4.79 Å². The van der Waals surface area contributed by atoms with Crippen molar-refractivity contribution >= 4 is 6.29 Å². The van der Waals surface area contributed by atoms with Crippen LogP contribution in [-0.4, -0.2) is 29.8 Å². The molecule has 2 nitrogen and oxygen atoms in total. The zero-order valence-corrected chi connectivity index (χ0v) is 10.4. The predicted molar refractivity (Wildman–Crippen MR) is 66.5 cm³/mol. The van der Waals surface area contributed by atoms with Gasteiger partial charge in [-0.2, -0.15) is 0 Å². The zero-order valence-electron chi connectivity index (χ0n) is 10.4. The van der Waals surface area contributed by atoms with E-state index in [1.54, 1.807) is 0 Å². The number of rotatable bonds is 4. The topological polar surface area (TPSA) is 20.3 Å². The summed E-state index contributed by atoms with van der Waals surface area (Å²) in [4.78, 5) is 13.4. The van der Waals surface area contributed by atoms with Crippen LogP contribution in [0.1, 0.15) is 64.2 Å². The SMILES string of the molecule is O=CCN(C1CCCCC1)C1CCCCC1. The van der Waals surface area contributed by atoms with Crippen molar-refractivity contribution in [2.45, 2.75) is 76.3 Å². The summed E-state index contributed by atoms with van der Waals surface area (Å²) in [6.45, 7) is 0.676. The summed E-state index contributed by atoms with van der Waals surface area (Å²) in [5.74, 6) is 0. The van der Waals surface area contributed by atoms with Gasteiger partial charge in [0.25, 0.3) is 0 Å². The monoisotopic (exact) mass is 223 g/mol. The van der Waals surface area contributed by atoms with Crippen LogP contribution in [-0.2, 0) is 4.79 Å². The van der Waals surface area contributed by atoms with Crippen LogP contribution >= 0.6 is 0 Å². The molecule has 0 bridgehead atoms. The number of aldehydes is 1. The van der Waals surface area contributed by atoms with Crippen LogP contribution in [0.5, 0.6) is 0 Å². The van der Waals surface area contributed by atoms with E-state index in [0.717, 1.165) is 6.29 Å². The lowest BCUT2D eigenvalue weighted by atomic mass is 9.89. The number of nitrogens with zero attached hydrogens (tertiary/aromatic N) is 1. The molecule has 0 saturated heterocycles. The van der Waals surface area contributed by atoms with Crippen LogP contribution in [0.4, 0.5) is 0 Å². The van der Waals surface area contributed by atoms with Gasteiger partial charge in [0.2, 0.25) is 0 Å². The highest BCUT2D eigenvalue weighted by Crippen LogP contribution is 2.29. The quantitative estimate of drug-likeness (QED) is 0.682. The normalized spacial score (nSPS) is 24.8. The molecule has 0 aromatic rings. The molecule has 0 N–H and O–H groups in total. The molecule has 0 spiro atoms. The summed E-state index contributed by atoms with van der Waals surface area (Å²) < 4.78 is 0. The molecule has 0 atom stereocenters. The molecule has 0 aliphatic heterocycles. The third-order valence-electron chi connectivity index (χ3n) is 4.37. The summed E-state index contributed by atoms with van der Waals surface area (Å²) >= 11 is 0. The minimum atomic E-state index is 0.676. The first-order chi connectivity index (χ1) is 7.92. The summed E-state index contributed by atoms with van der Waals surface area (Å²) in [6.07, 6.45) is 14.7. The van der Waals surface area contributed by atoms with E-state index in [4.69, 9.17) is 0 Å². The van der Waals surface area contributed by atoms with Gasteiger partial charge in [0, 0.05) is 12.1 Å². The molecule has 2 heteroatoms. The highest BCUT2D eigenvalue weighted by Gasteiger charge is 2.28. The van der Waals surface area contributed by atoms with Crippen molar-refractivity contribution in [1.29, 1.82) is 0 Å². The molecule has 0 radical (unpaired) electrons. The second kappa shape index (κ2) is 6.39. The van der Waals surface area contributed by atoms with Crippen LogP contribution in [0.25, 0.3) is 0 Å². The molecule has 2 aliphatic carbocycles. The standard InChI is InChI=1S/C14H25NO/c16-12-11-15(13-7-3-1-4-8-13)14-9-5-2-6-10-14/h12-14H,1-11H2. The van der Waals surface area contributed by atoms with Gasteiger partial charge in [-0.15, -0.1) is 0 Å². The van der Waals surface area contributed by atoms with Crippen molar-refractivity contribution < 1.29 is 4.79 Å². The smallest absolute Gasteiger partial charge is 0.134 e. The number of hydrogen-bond donors (Lipinski definition) is 0. The fourth-order valence-corrected chi connectivity index (χ4v) is 3.51. The molecular weight excluding hydrogens is 198 g/mol. The Bertz CT molecular complexity index is 187. The molecule has 0 amide bonds. The van der Waals surface area contributed by atoms with Crippen LogP contribution in [0.3, 0.4) is 0 Å². The minimum Gasteiger partial charge on any atom is -0.302 e. The molecule has 92 valence electrons. The lowest BCUT2D eigenvalue weighted by molar-refractivity contribution is -0.110. The first-order valence-corrected chi connectivity index (χ1v) is 7.11. The van der Waals surface area contributed by atoms with Crippen LogP contribution in [0.15, 0.2) is 0 Å². The van der Waals surface area contributed by atoms with Gasteiger partial charge in [-0.1, -0.05) is 38.5 Å². The zero-order chi connectivity index (χ0) is 11.2. The Morgan fingerprint density at radius 3 is 1.62 bits per heavy atom. The van der Waals surface area contributed by atoms with Gasteiger partial charge in [-0.05, 0) is 25.7 Å². The molecule has 2 saturated carbocycles. The maximum atomic E-state index is 10.9. The van der Waals surface area contributed by atoms with Crippen LogP contribution < -0.4 is 0 Å². The number of carbonyl (C=O) groups excluding carboxylic acids is 1. The van der Waals surface area contributed by atoms with E-state index in [1.807, 2.05) is 0 Å². The highest BCUT2D eigenvalue weighted by molar-refractivity contribution is 5.52. The third kappa shape index (κ3) is 3.07. The molecule has 0 aromatic heterocycles. The van der Waals surface area contributed by atoms with Crippen LogP contribution in [0.2, 0.25) is 0 Å². The second-order valence-electron chi connectivity index (χ2n) is 5.45. The lowest BCUT2D eigenvalue weighted by Crippen LogP contribution is -2.46. The first-order valence-electron chi connectivity index (χ1n) is 7.11. The first kappa shape index (κ1) is 12.1. The average Bonchev–Trinajstić information content (AvgIpc) is 2.38.